The van der Waals surface area contributed by atoms with Crippen LogP contribution in [0, 0.1) is 0 Å². The van der Waals surface area contributed by atoms with Gasteiger partial charge in [0.2, 0.25) is 5.82 Å². The molecule has 4 rings (SSSR count). The highest BCUT2D eigenvalue weighted by Gasteiger charge is 2.43. The van der Waals surface area contributed by atoms with E-state index in [1.165, 1.54) is 19.2 Å². The normalized spacial score (nSPS) is 22.1. The van der Waals surface area contributed by atoms with Gasteiger partial charge in [0.05, 0.1) is 6.04 Å². The van der Waals surface area contributed by atoms with Crippen LogP contribution >= 0.6 is 0 Å². The molecule has 6 nitrogen and oxygen atoms in total. The lowest BCUT2D eigenvalue weighted by molar-refractivity contribution is 0.0359. The van der Waals surface area contributed by atoms with Crippen molar-refractivity contribution in [3.8, 4) is 5.75 Å². The Morgan fingerprint density at radius 1 is 1.32 bits per heavy atom. The molecule has 2 aromatic rings. The van der Waals surface area contributed by atoms with Crippen molar-refractivity contribution < 1.29 is 9.53 Å². The zero-order valence-electron chi connectivity index (χ0n) is 12.2. The lowest BCUT2D eigenvalue weighted by atomic mass is 9.86. The van der Waals surface area contributed by atoms with Crippen molar-refractivity contribution in [2.45, 2.75) is 43.7 Å². The van der Waals surface area contributed by atoms with E-state index in [2.05, 4.69) is 20.5 Å². The number of amides is 1. The molecule has 2 aliphatic rings. The van der Waals surface area contributed by atoms with Gasteiger partial charge in [-0.15, -0.1) is 0 Å². The number of nitrogens with one attached hydrogen (secondary N) is 2. The number of para-hydroxylation sites is 1. The summed E-state index contributed by atoms with van der Waals surface area (Å²) in [6, 6.07) is 7.90. The van der Waals surface area contributed by atoms with Gasteiger partial charge in [-0.25, -0.2) is 4.98 Å². The molecule has 1 amide bonds. The Morgan fingerprint density at radius 3 is 2.91 bits per heavy atom. The smallest absolute Gasteiger partial charge is 0.289 e. The molecule has 1 spiro atoms. The predicted octanol–water partition coefficient (Wildman–Crippen LogP) is 2.37. The van der Waals surface area contributed by atoms with E-state index < -0.39 is 0 Å². The van der Waals surface area contributed by atoms with Crippen molar-refractivity contribution in [2.75, 3.05) is 0 Å². The summed E-state index contributed by atoms with van der Waals surface area (Å²) in [7, 11) is 0. The lowest BCUT2D eigenvalue weighted by Gasteiger charge is -2.40. The van der Waals surface area contributed by atoms with Gasteiger partial charge in [0.1, 0.15) is 17.7 Å². The van der Waals surface area contributed by atoms with Crippen molar-refractivity contribution in [1.82, 2.24) is 20.5 Å². The second-order valence-electron chi connectivity index (χ2n) is 6.09. The van der Waals surface area contributed by atoms with Gasteiger partial charge in [0.15, 0.2) is 0 Å². The highest BCUT2D eigenvalue weighted by atomic mass is 16.5. The van der Waals surface area contributed by atoms with Crippen LogP contribution in [0.3, 0.4) is 0 Å². The average Bonchev–Trinajstić information content (AvgIpc) is 3.19. The van der Waals surface area contributed by atoms with E-state index in [4.69, 9.17) is 4.74 Å². The molecule has 0 unspecified atom stereocenters. The van der Waals surface area contributed by atoms with Crippen LogP contribution in [0.25, 0.3) is 0 Å². The third kappa shape index (κ3) is 2.24. The molecular weight excluding hydrogens is 280 g/mol. The first-order valence-corrected chi connectivity index (χ1v) is 7.70. The van der Waals surface area contributed by atoms with Gasteiger partial charge < -0.3 is 10.1 Å². The molecule has 1 aliphatic carbocycles. The third-order valence-corrected chi connectivity index (χ3v) is 4.65. The Balaban J connectivity index is 1.63. The second kappa shape index (κ2) is 5.12. The van der Waals surface area contributed by atoms with Gasteiger partial charge in [-0.05, 0) is 31.7 Å². The third-order valence-electron chi connectivity index (χ3n) is 4.65. The van der Waals surface area contributed by atoms with Crippen molar-refractivity contribution in [2.24, 2.45) is 0 Å². The molecule has 2 N–H and O–H groups in total. The van der Waals surface area contributed by atoms with E-state index in [9.17, 15) is 4.79 Å². The fourth-order valence-electron chi connectivity index (χ4n) is 3.61. The number of H-pyrrole nitrogens is 1. The number of ether oxygens (including phenoxy) is 1. The Labute approximate surface area is 128 Å². The average molecular weight is 298 g/mol. The number of carbonyl (C=O) groups excluding carboxylic acids is 1. The standard InChI is InChI=1S/C16H18N4O2/c21-15(14-17-10-18-20-14)19-12-9-16(7-3-4-8-16)22-13-6-2-1-5-11(12)13/h1-2,5-6,10,12H,3-4,7-9H2,(H,19,21)(H,17,18,20)/t12-/m0/s1. The number of aromatic amines is 1. The maximum Gasteiger partial charge on any atom is 0.289 e. The molecule has 1 aromatic carbocycles. The van der Waals surface area contributed by atoms with Gasteiger partial charge >= 0.3 is 0 Å². The van der Waals surface area contributed by atoms with Crippen LogP contribution in [-0.2, 0) is 0 Å². The first-order chi connectivity index (χ1) is 10.8. The molecular formula is C16H18N4O2. The quantitative estimate of drug-likeness (QED) is 0.892. The number of rotatable bonds is 2. The molecule has 0 bridgehead atoms. The minimum atomic E-state index is -0.229. The van der Waals surface area contributed by atoms with Crippen LogP contribution in [0.1, 0.15) is 54.3 Å². The summed E-state index contributed by atoms with van der Waals surface area (Å²) in [5.41, 5.74) is 0.904. The van der Waals surface area contributed by atoms with Crippen LogP contribution < -0.4 is 10.1 Å². The number of hydrogen-bond acceptors (Lipinski definition) is 4. The Morgan fingerprint density at radius 2 is 2.14 bits per heavy atom. The number of hydrogen-bond donors (Lipinski definition) is 2. The molecule has 2 heterocycles. The number of aromatic nitrogens is 3. The number of fused-ring (bicyclic) bond motifs is 1. The van der Waals surface area contributed by atoms with E-state index >= 15 is 0 Å². The van der Waals surface area contributed by atoms with Crippen molar-refractivity contribution in [1.29, 1.82) is 0 Å². The van der Waals surface area contributed by atoms with Crippen LogP contribution in [0.4, 0.5) is 0 Å². The summed E-state index contributed by atoms with van der Waals surface area (Å²) >= 11 is 0. The molecule has 114 valence electrons. The summed E-state index contributed by atoms with van der Waals surface area (Å²) in [6.45, 7) is 0. The minimum absolute atomic E-state index is 0.0550. The summed E-state index contributed by atoms with van der Waals surface area (Å²) in [4.78, 5) is 16.2. The second-order valence-corrected chi connectivity index (χ2v) is 6.09. The monoisotopic (exact) mass is 298 g/mol. The topological polar surface area (TPSA) is 79.9 Å². The van der Waals surface area contributed by atoms with Crippen molar-refractivity contribution in [3.63, 3.8) is 0 Å². The number of nitrogens with zero attached hydrogens (tertiary/aromatic N) is 2. The highest BCUT2D eigenvalue weighted by molar-refractivity contribution is 5.90. The molecule has 1 atom stereocenters. The summed E-state index contributed by atoms with van der Waals surface area (Å²) in [5.74, 6) is 0.898. The zero-order valence-corrected chi connectivity index (χ0v) is 12.2. The first-order valence-electron chi connectivity index (χ1n) is 7.70. The molecule has 6 heteroatoms. The van der Waals surface area contributed by atoms with E-state index in [-0.39, 0.29) is 23.4 Å². The van der Waals surface area contributed by atoms with Crippen LogP contribution in [0.2, 0.25) is 0 Å². The van der Waals surface area contributed by atoms with Gasteiger partial charge in [0.25, 0.3) is 5.91 Å². The Bertz CT molecular complexity index is 677. The fourth-order valence-corrected chi connectivity index (χ4v) is 3.61. The van der Waals surface area contributed by atoms with E-state index in [1.807, 2.05) is 24.3 Å². The van der Waals surface area contributed by atoms with Gasteiger partial charge in [-0.1, -0.05) is 18.2 Å². The lowest BCUT2D eigenvalue weighted by Crippen LogP contribution is -2.43. The molecule has 0 saturated heterocycles. The van der Waals surface area contributed by atoms with Gasteiger partial charge in [-0.3, -0.25) is 9.89 Å². The molecule has 1 saturated carbocycles. The SMILES string of the molecule is O=C(N[C@H]1CC2(CCCC2)Oc2ccccc21)c1ncn[nH]1. The van der Waals surface area contributed by atoms with Gasteiger partial charge in [-0.2, -0.15) is 5.10 Å². The highest BCUT2D eigenvalue weighted by Crippen LogP contribution is 2.46. The van der Waals surface area contributed by atoms with Crippen LogP contribution in [0.5, 0.6) is 5.75 Å². The summed E-state index contributed by atoms with van der Waals surface area (Å²) in [5, 5.41) is 9.41. The Kier molecular flexibility index (Phi) is 3.10. The fraction of sp³-hybridized carbons (Fsp3) is 0.438. The maximum atomic E-state index is 12.3. The van der Waals surface area contributed by atoms with Crippen molar-refractivity contribution in [3.05, 3.63) is 42.0 Å². The summed E-state index contributed by atoms with van der Waals surface area (Å²) in [6.07, 6.45) is 6.62. The molecule has 1 aromatic heterocycles. The zero-order chi connectivity index (χ0) is 15.0. The van der Waals surface area contributed by atoms with E-state index in [0.717, 1.165) is 30.6 Å². The summed E-state index contributed by atoms with van der Waals surface area (Å²) < 4.78 is 6.30. The number of carbonyl (C=O) groups is 1. The van der Waals surface area contributed by atoms with E-state index in [0.29, 0.717) is 0 Å². The molecule has 1 fully saturated rings. The first kappa shape index (κ1) is 13.3. The van der Waals surface area contributed by atoms with Gasteiger partial charge in [0, 0.05) is 12.0 Å². The largest absolute Gasteiger partial charge is 0.487 e. The maximum absolute atomic E-state index is 12.3. The molecule has 22 heavy (non-hydrogen) atoms. The minimum Gasteiger partial charge on any atom is -0.487 e. The number of benzene rings is 1. The predicted molar refractivity (Wildman–Crippen MR) is 79.5 cm³/mol. The molecule has 1 aliphatic heterocycles. The van der Waals surface area contributed by atoms with E-state index in [1.54, 1.807) is 0 Å². The Hall–Kier alpha value is -2.37. The molecule has 0 radical (unpaired) electrons. The van der Waals surface area contributed by atoms with Crippen LogP contribution in [0.15, 0.2) is 30.6 Å². The van der Waals surface area contributed by atoms with Crippen molar-refractivity contribution >= 4 is 5.91 Å². The van der Waals surface area contributed by atoms with Crippen LogP contribution in [-0.4, -0.2) is 26.7 Å².